The molecular formula is C31H29NO3. The molecule has 0 amide bonds. The Morgan fingerprint density at radius 2 is 1.57 bits per heavy atom. The fourth-order valence-corrected chi connectivity index (χ4v) is 4.47. The molecule has 176 valence electrons. The minimum absolute atomic E-state index is 0.220. The third-order valence-electron chi connectivity index (χ3n) is 6.50. The summed E-state index contributed by atoms with van der Waals surface area (Å²) in [6.07, 6.45) is 2.82. The van der Waals surface area contributed by atoms with Crippen molar-refractivity contribution in [3.8, 4) is 28.7 Å². The van der Waals surface area contributed by atoms with Crippen molar-refractivity contribution in [3.63, 3.8) is 0 Å². The number of hydrogen-bond acceptors (Lipinski definition) is 3. The summed E-state index contributed by atoms with van der Waals surface area (Å²) in [5.41, 5.74) is 7.85. The third kappa shape index (κ3) is 5.57. The summed E-state index contributed by atoms with van der Waals surface area (Å²) in [7, 11) is 0. The molecule has 3 aromatic rings. The Morgan fingerprint density at radius 1 is 0.886 bits per heavy atom. The van der Waals surface area contributed by atoms with Crippen molar-refractivity contribution in [1.29, 1.82) is 0 Å². The molecule has 1 fully saturated rings. The summed E-state index contributed by atoms with van der Waals surface area (Å²) < 4.78 is 16.9. The number of benzene rings is 3. The molecule has 3 aromatic carbocycles. The van der Waals surface area contributed by atoms with Gasteiger partial charge in [-0.15, -0.1) is 0 Å². The second-order valence-corrected chi connectivity index (χ2v) is 9.69. The van der Waals surface area contributed by atoms with E-state index in [1.165, 1.54) is 22.3 Å². The van der Waals surface area contributed by atoms with E-state index in [9.17, 15) is 0 Å². The molecule has 4 nitrogen and oxygen atoms in total. The number of rotatable bonds is 8. The Labute approximate surface area is 207 Å². The van der Waals surface area contributed by atoms with Crippen LogP contribution in [0, 0.1) is 23.8 Å². The molecule has 5 rings (SSSR count). The lowest BCUT2D eigenvalue weighted by atomic mass is 9.90. The molecule has 1 heterocycles. The third-order valence-corrected chi connectivity index (χ3v) is 6.50. The first-order valence-electron chi connectivity index (χ1n) is 12.2. The molecule has 35 heavy (non-hydrogen) atoms. The predicted molar refractivity (Wildman–Crippen MR) is 138 cm³/mol. The minimum Gasteiger partial charge on any atom is -0.494 e. The first-order chi connectivity index (χ1) is 17.1. The summed E-state index contributed by atoms with van der Waals surface area (Å²) in [6, 6.07) is 20.3. The van der Waals surface area contributed by atoms with Gasteiger partial charge in [0.05, 0.1) is 33.0 Å². The fraction of sp³-hybridized carbons (Fsp3) is 0.323. The second-order valence-electron chi connectivity index (χ2n) is 9.69. The molecule has 0 aromatic heterocycles. The summed E-state index contributed by atoms with van der Waals surface area (Å²) in [5, 5.41) is 0. The van der Waals surface area contributed by atoms with Gasteiger partial charge in [-0.25, -0.2) is 4.85 Å². The maximum atomic E-state index is 7.23. The number of fused-ring (bicyclic) bond motifs is 3. The molecule has 0 spiro atoms. The van der Waals surface area contributed by atoms with Gasteiger partial charge in [0, 0.05) is 23.1 Å². The molecule has 2 aliphatic rings. The van der Waals surface area contributed by atoms with Crippen LogP contribution < -0.4 is 4.74 Å². The first-order valence-corrected chi connectivity index (χ1v) is 12.2. The number of nitrogens with zero attached hydrogens (tertiary/aromatic N) is 1. The zero-order chi connectivity index (χ0) is 24.1. The molecule has 1 aliphatic carbocycles. The zero-order valence-corrected chi connectivity index (χ0v) is 20.1. The van der Waals surface area contributed by atoms with Crippen molar-refractivity contribution in [3.05, 3.63) is 94.3 Å². The van der Waals surface area contributed by atoms with Crippen LogP contribution in [0.2, 0.25) is 0 Å². The summed E-state index contributed by atoms with van der Waals surface area (Å²) in [5.74, 6) is 7.41. The molecule has 1 saturated heterocycles. The minimum atomic E-state index is 0.220. The molecule has 0 atom stereocenters. The Hall–Kier alpha value is -3.57. The Balaban J connectivity index is 1.09. The van der Waals surface area contributed by atoms with Crippen LogP contribution in [0.3, 0.4) is 0 Å². The van der Waals surface area contributed by atoms with Crippen LogP contribution in [-0.2, 0) is 15.9 Å². The molecule has 0 unspecified atom stereocenters. The van der Waals surface area contributed by atoms with Crippen molar-refractivity contribution in [2.24, 2.45) is 5.41 Å². The van der Waals surface area contributed by atoms with E-state index in [0.717, 1.165) is 62.6 Å². The average Bonchev–Trinajstić information content (AvgIpc) is 3.23. The van der Waals surface area contributed by atoms with Gasteiger partial charge in [-0.3, -0.25) is 0 Å². The van der Waals surface area contributed by atoms with E-state index in [0.29, 0.717) is 12.3 Å². The molecule has 0 N–H and O–H groups in total. The van der Waals surface area contributed by atoms with Crippen molar-refractivity contribution in [2.75, 3.05) is 33.0 Å². The topological polar surface area (TPSA) is 32.0 Å². The normalized spacial score (nSPS) is 14.6. The fourth-order valence-electron chi connectivity index (χ4n) is 4.47. The summed E-state index contributed by atoms with van der Waals surface area (Å²) in [4.78, 5) is 3.55. The standard InChI is InChI=1S/C31H29NO3/c1-31(21-34-22-31)20-33-15-3-4-16-35-28-11-7-23(8-12-28)5-6-24-9-13-29-25(17-24)18-26-19-27(32-2)10-14-30(26)29/h7-14,17,19H,3-4,15-16,18,20-22H2,1H3. The van der Waals surface area contributed by atoms with E-state index in [1.54, 1.807) is 0 Å². The molecular weight excluding hydrogens is 434 g/mol. The highest BCUT2D eigenvalue weighted by Crippen LogP contribution is 2.38. The smallest absolute Gasteiger partial charge is 0.187 e. The Morgan fingerprint density at radius 3 is 2.31 bits per heavy atom. The van der Waals surface area contributed by atoms with E-state index in [1.807, 2.05) is 36.4 Å². The maximum Gasteiger partial charge on any atom is 0.187 e. The highest BCUT2D eigenvalue weighted by atomic mass is 16.5. The van der Waals surface area contributed by atoms with Gasteiger partial charge in [-0.1, -0.05) is 43.0 Å². The van der Waals surface area contributed by atoms with Gasteiger partial charge >= 0.3 is 0 Å². The van der Waals surface area contributed by atoms with Crippen LogP contribution in [0.1, 0.15) is 42.0 Å². The molecule has 0 radical (unpaired) electrons. The van der Waals surface area contributed by atoms with E-state index in [2.05, 4.69) is 47.9 Å². The quantitative estimate of drug-likeness (QED) is 0.172. The van der Waals surface area contributed by atoms with Gasteiger partial charge in [-0.2, -0.15) is 0 Å². The van der Waals surface area contributed by atoms with E-state index in [4.69, 9.17) is 20.8 Å². The lowest BCUT2D eigenvalue weighted by Gasteiger charge is -2.37. The van der Waals surface area contributed by atoms with Crippen molar-refractivity contribution >= 4 is 5.69 Å². The maximum absolute atomic E-state index is 7.23. The van der Waals surface area contributed by atoms with Gasteiger partial charge < -0.3 is 14.2 Å². The average molecular weight is 464 g/mol. The van der Waals surface area contributed by atoms with Crippen LogP contribution >= 0.6 is 0 Å². The molecule has 0 bridgehead atoms. The van der Waals surface area contributed by atoms with E-state index in [-0.39, 0.29) is 5.41 Å². The van der Waals surface area contributed by atoms with Crippen molar-refractivity contribution < 1.29 is 14.2 Å². The summed E-state index contributed by atoms with van der Waals surface area (Å²) in [6.45, 7) is 13.3. The second kappa shape index (κ2) is 10.4. The number of ether oxygens (including phenoxy) is 3. The van der Waals surface area contributed by atoms with E-state index < -0.39 is 0 Å². The monoisotopic (exact) mass is 463 g/mol. The van der Waals surface area contributed by atoms with Gasteiger partial charge in [0.1, 0.15) is 5.75 Å². The van der Waals surface area contributed by atoms with E-state index >= 15 is 0 Å². The number of hydrogen-bond donors (Lipinski definition) is 0. The molecule has 1 aliphatic heterocycles. The zero-order valence-electron chi connectivity index (χ0n) is 20.1. The highest BCUT2D eigenvalue weighted by molar-refractivity contribution is 5.79. The van der Waals surface area contributed by atoms with Gasteiger partial charge in [0.2, 0.25) is 0 Å². The predicted octanol–water partition coefficient (Wildman–Crippen LogP) is 6.42. The van der Waals surface area contributed by atoms with Crippen LogP contribution in [0.5, 0.6) is 5.75 Å². The molecule has 0 saturated carbocycles. The lowest BCUT2D eigenvalue weighted by molar-refractivity contribution is -0.138. The Kier molecular flexibility index (Phi) is 6.87. The first kappa shape index (κ1) is 23.2. The van der Waals surface area contributed by atoms with Crippen molar-refractivity contribution in [2.45, 2.75) is 26.2 Å². The van der Waals surface area contributed by atoms with Crippen LogP contribution in [0.15, 0.2) is 60.7 Å². The highest BCUT2D eigenvalue weighted by Gasteiger charge is 2.33. The van der Waals surface area contributed by atoms with Gasteiger partial charge in [0.15, 0.2) is 5.69 Å². The van der Waals surface area contributed by atoms with Crippen LogP contribution in [0.4, 0.5) is 5.69 Å². The van der Waals surface area contributed by atoms with Gasteiger partial charge in [0.25, 0.3) is 0 Å². The molecule has 4 heteroatoms. The summed E-state index contributed by atoms with van der Waals surface area (Å²) >= 11 is 0. The largest absolute Gasteiger partial charge is 0.494 e. The Bertz CT molecular complexity index is 1300. The van der Waals surface area contributed by atoms with Crippen LogP contribution in [0.25, 0.3) is 16.0 Å². The van der Waals surface area contributed by atoms with Crippen molar-refractivity contribution in [1.82, 2.24) is 0 Å². The lowest BCUT2D eigenvalue weighted by Crippen LogP contribution is -2.43. The SMILES string of the molecule is [C-]#[N+]c1ccc2c(c1)Cc1cc(C#Cc3ccc(OCCCCOCC4(C)COC4)cc3)ccc1-2. The van der Waals surface area contributed by atoms with Crippen LogP contribution in [-0.4, -0.2) is 33.0 Å². The van der Waals surface area contributed by atoms with Gasteiger partial charge in [-0.05, 0) is 77.9 Å². The number of unbranched alkanes of at least 4 members (excludes halogenated alkanes) is 1.